The van der Waals surface area contributed by atoms with Crippen LogP contribution in [-0.2, 0) is 41.8 Å². The molecule has 9 nitrogen and oxygen atoms in total. The van der Waals surface area contributed by atoms with E-state index in [9.17, 15) is 14.4 Å². The van der Waals surface area contributed by atoms with Crippen LogP contribution in [0.3, 0.4) is 0 Å². The minimum absolute atomic E-state index is 0.0398. The van der Waals surface area contributed by atoms with Crippen LogP contribution in [0.4, 0.5) is 4.79 Å². The third kappa shape index (κ3) is 9.79. The van der Waals surface area contributed by atoms with Crippen molar-refractivity contribution in [1.82, 2.24) is 10.2 Å². The Morgan fingerprint density at radius 3 is 2.19 bits per heavy atom. The van der Waals surface area contributed by atoms with Gasteiger partial charge < -0.3 is 29.2 Å². The number of methoxy groups -OCH3 is 1. The van der Waals surface area contributed by atoms with E-state index in [0.29, 0.717) is 26.1 Å². The first-order chi connectivity index (χ1) is 20.8. The van der Waals surface area contributed by atoms with Gasteiger partial charge in [0.2, 0.25) is 5.91 Å². The van der Waals surface area contributed by atoms with E-state index in [1.807, 2.05) is 74.5 Å². The molecular formula is C34H46N2O7. The smallest absolute Gasteiger partial charge is 0.408 e. The predicted molar refractivity (Wildman–Crippen MR) is 162 cm³/mol. The highest BCUT2D eigenvalue weighted by molar-refractivity contribution is 5.90. The lowest BCUT2D eigenvalue weighted by molar-refractivity contribution is -0.152. The summed E-state index contributed by atoms with van der Waals surface area (Å²) < 4.78 is 22.9. The molecule has 0 aromatic heterocycles. The molecule has 2 aromatic carbocycles. The van der Waals surface area contributed by atoms with Crippen LogP contribution in [0.2, 0.25) is 0 Å². The van der Waals surface area contributed by atoms with Gasteiger partial charge in [0.25, 0.3) is 0 Å². The summed E-state index contributed by atoms with van der Waals surface area (Å²) in [5, 5.41) is 2.86. The highest BCUT2D eigenvalue weighted by Gasteiger charge is 2.46. The fourth-order valence-corrected chi connectivity index (χ4v) is 6.00. The van der Waals surface area contributed by atoms with Crippen molar-refractivity contribution in [3.05, 3.63) is 71.8 Å². The zero-order valence-electron chi connectivity index (χ0n) is 25.7. The average molecular weight is 595 g/mol. The average Bonchev–Trinajstić information content (AvgIpc) is 3.44. The van der Waals surface area contributed by atoms with E-state index < -0.39 is 29.7 Å². The maximum absolute atomic E-state index is 14.1. The Kier molecular flexibility index (Phi) is 12.0. The van der Waals surface area contributed by atoms with Crippen molar-refractivity contribution in [2.24, 2.45) is 5.92 Å². The summed E-state index contributed by atoms with van der Waals surface area (Å²) in [5.74, 6) is -0.825. The lowest BCUT2D eigenvalue weighted by Crippen LogP contribution is -2.55. The number of hydrogen-bond acceptors (Lipinski definition) is 7. The van der Waals surface area contributed by atoms with Crippen LogP contribution in [0.5, 0.6) is 0 Å². The first-order valence-corrected chi connectivity index (χ1v) is 15.4. The van der Waals surface area contributed by atoms with Gasteiger partial charge in [-0.1, -0.05) is 79.9 Å². The molecule has 1 heterocycles. The second kappa shape index (κ2) is 15.9. The van der Waals surface area contributed by atoms with Crippen LogP contribution in [0.1, 0.15) is 69.9 Å². The van der Waals surface area contributed by atoms with Gasteiger partial charge in [-0.25, -0.2) is 9.59 Å². The van der Waals surface area contributed by atoms with Gasteiger partial charge in [-0.3, -0.25) is 4.79 Å². The van der Waals surface area contributed by atoms with Crippen LogP contribution in [0, 0.1) is 5.92 Å². The molecule has 1 saturated heterocycles. The van der Waals surface area contributed by atoms with Gasteiger partial charge in [-0.2, -0.15) is 0 Å². The quantitative estimate of drug-likeness (QED) is 0.244. The van der Waals surface area contributed by atoms with Gasteiger partial charge in [0.05, 0.1) is 25.4 Å². The Labute approximate surface area is 255 Å². The monoisotopic (exact) mass is 594 g/mol. The maximum Gasteiger partial charge on any atom is 0.408 e. The molecule has 43 heavy (non-hydrogen) atoms. The number of alkyl carbamates (subject to hydrolysis) is 1. The molecule has 1 N–H and O–H groups in total. The summed E-state index contributed by atoms with van der Waals surface area (Å²) in [6.45, 7) is 5.35. The van der Waals surface area contributed by atoms with Crippen LogP contribution in [0.25, 0.3) is 0 Å². The molecule has 2 aliphatic rings. The van der Waals surface area contributed by atoms with E-state index in [2.05, 4.69) is 5.32 Å². The van der Waals surface area contributed by atoms with Crippen molar-refractivity contribution < 1.29 is 33.3 Å². The molecule has 3 atom stereocenters. The van der Waals surface area contributed by atoms with Gasteiger partial charge in [-0.15, -0.1) is 0 Å². The molecule has 2 amide bonds. The number of ether oxygens (including phenoxy) is 4. The van der Waals surface area contributed by atoms with Crippen LogP contribution < -0.4 is 5.32 Å². The summed E-state index contributed by atoms with van der Waals surface area (Å²) in [5.41, 5.74) is 1.43. The molecule has 1 aliphatic carbocycles. The molecule has 0 radical (unpaired) electrons. The largest absolute Gasteiger partial charge is 0.467 e. The minimum Gasteiger partial charge on any atom is -0.467 e. The van der Waals surface area contributed by atoms with E-state index in [1.54, 1.807) is 0 Å². The highest BCUT2D eigenvalue weighted by Crippen LogP contribution is 2.32. The highest BCUT2D eigenvalue weighted by atomic mass is 16.5. The van der Waals surface area contributed by atoms with Gasteiger partial charge >= 0.3 is 12.1 Å². The van der Waals surface area contributed by atoms with E-state index in [4.69, 9.17) is 18.9 Å². The van der Waals surface area contributed by atoms with Gasteiger partial charge in [0.1, 0.15) is 18.7 Å². The topological polar surface area (TPSA) is 103 Å². The second-order valence-electron chi connectivity index (χ2n) is 12.1. The predicted octanol–water partition coefficient (Wildman–Crippen LogP) is 5.41. The number of nitrogens with one attached hydrogen (secondary N) is 1. The fourth-order valence-electron chi connectivity index (χ4n) is 6.00. The zero-order valence-corrected chi connectivity index (χ0v) is 25.7. The molecule has 1 saturated carbocycles. The van der Waals surface area contributed by atoms with Crippen LogP contribution >= 0.6 is 0 Å². The fraction of sp³-hybridized carbons (Fsp3) is 0.559. The van der Waals surface area contributed by atoms with E-state index >= 15 is 0 Å². The molecule has 234 valence electrons. The number of carbonyl (C=O) groups excluding carboxylic acids is 3. The molecule has 0 bridgehead atoms. The van der Waals surface area contributed by atoms with Crippen LogP contribution in [-0.4, -0.2) is 66.9 Å². The van der Waals surface area contributed by atoms with Gasteiger partial charge in [0, 0.05) is 19.6 Å². The minimum atomic E-state index is -0.797. The summed E-state index contributed by atoms with van der Waals surface area (Å²) in [7, 11) is 1.32. The first kappa shape index (κ1) is 32.5. The Hall–Kier alpha value is -3.43. The molecule has 2 aromatic rings. The molecule has 2 fully saturated rings. The Bertz CT molecular complexity index is 1170. The van der Waals surface area contributed by atoms with Crippen molar-refractivity contribution in [1.29, 1.82) is 0 Å². The summed E-state index contributed by atoms with van der Waals surface area (Å²) in [6.07, 6.45) is 4.67. The Morgan fingerprint density at radius 2 is 1.56 bits per heavy atom. The maximum atomic E-state index is 14.1. The molecule has 9 heteroatoms. The Morgan fingerprint density at radius 1 is 0.930 bits per heavy atom. The Balaban J connectivity index is 1.39. The SMILES string of the molecule is COC(=O)[C@@H]1C[C@@H](OC(C)(C)CCOCc2ccccc2)CN1C(=O)[C@@H](NC(=O)OCc1ccccc1)C1CCCCC1. The van der Waals surface area contributed by atoms with E-state index in [0.717, 1.165) is 43.2 Å². The molecular weight excluding hydrogens is 548 g/mol. The molecule has 0 spiro atoms. The number of nitrogens with zero attached hydrogens (tertiary/aromatic N) is 1. The summed E-state index contributed by atoms with van der Waals surface area (Å²) >= 11 is 0. The number of hydrogen-bond donors (Lipinski definition) is 1. The summed E-state index contributed by atoms with van der Waals surface area (Å²) in [6, 6.07) is 17.8. The number of esters is 1. The third-order valence-electron chi connectivity index (χ3n) is 8.34. The normalized spacial score (nSPS) is 19.9. The number of rotatable bonds is 13. The van der Waals surface area contributed by atoms with Crippen molar-refractivity contribution in [2.45, 2.75) is 95.8 Å². The molecule has 4 rings (SSSR count). The number of benzene rings is 2. The number of amides is 2. The lowest BCUT2D eigenvalue weighted by Gasteiger charge is -2.34. The van der Waals surface area contributed by atoms with Crippen LogP contribution in [0.15, 0.2) is 60.7 Å². The number of carbonyl (C=O) groups is 3. The summed E-state index contributed by atoms with van der Waals surface area (Å²) in [4.78, 5) is 41.4. The van der Waals surface area contributed by atoms with E-state index in [1.165, 1.54) is 12.0 Å². The third-order valence-corrected chi connectivity index (χ3v) is 8.34. The van der Waals surface area contributed by atoms with Gasteiger partial charge in [-0.05, 0) is 50.2 Å². The molecule has 1 aliphatic heterocycles. The standard InChI is InChI=1S/C34H46N2O7/c1-34(2,19-20-41-23-25-13-7-4-8-14-25)43-28-21-29(32(38)40-3)36(22-28)31(37)30(27-17-11-6-12-18-27)35-33(39)42-24-26-15-9-5-10-16-26/h4-5,7-10,13-16,27-30H,6,11-12,17-24H2,1-3H3,(H,35,39)/t28-,29+,30+/m1/s1. The van der Waals surface area contributed by atoms with Crippen molar-refractivity contribution in [3.63, 3.8) is 0 Å². The second-order valence-corrected chi connectivity index (χ2v) is 12.1. The lowest BCUT2D eigenvalue weighted by atomic mass is 9.83. The molecule has 0 unspecified atom stereocenters. The zero-order chi connectivity index (χ0) is 30.7. The van der Waals surface area contributed by atoms with Crippen molar-refractivity contribution in [3.8, 4) is 0 Å². The first-order valence-electron chi connectivity index (χ1n) is 15.4. The number of likely N-dealkylation sites (tertiary alicyclic amines) is 1. The van der Waals surface area contributed by atoms with Crippen molar-refractivity contribution >= 4 is 18.0 Å². The van der Waals surface area contributed by atoms with Gasteiger partial charge in [0.15, 0.2) is 0 Å². The van der Waals surface area contributed by atoms with E-state index in [-0.39, 0.29) is 31.1 Å². The van der Waals surface area contributed by atoms with Crippen molar-refractivity contribution in [2.75, 3.05) is 20.3 Å².